The smallest absolute Gasteiger partial charge is 0.105 e. The molecule has 1 N–H and O–H groups in total. The Morgan fingerprint density at radius 1 is 1.29 bits per heavy atom. The molecule has 6 nitrogen and oxygen atoms in total. The number of nitrogens with zero attached hydrogens (tertiary/aromatic N) is 4. The van der Waals surface area contributed by atoms with Gasteiger partial charge in [0.25, 0.3) is 0 Å². The molecule has 24 heavy (non-hydrogen) atoms. The summed E-state index contributed by atoms with van der Waals surface area (Å²) in [4.78, 5) is 4.74. The third-order valence-corrected chi connectivity index (χ3v) is 5.39. The molecule has 1 aromatic carbocycles. The van der Waals surface area contributed by atoms with E-state index in [1.807, 2.05) is 6.07 Å². The molecule has 2 aromatic rings. The molecule has 1 saturated heterocycles. The zero-order valence-electron chi connectivity index (χ0n) is 14.4. The number of rotatable bonds is 8. The highest BCUT2D eigenvalue weighted by molar-refractivity contribution is 7.00. The summed E-state index contributed by atoms with van der Waals surface area (Å²) in [5, 5.41) is 9.74. The number of likely N-dealkylation sites (tertiary alicyclic amines) is 1. The molecule has 1 fully saturated rings. The Balaban J connectivity index is 1.58. The molecule has 132 valence electrons. The fourth-order valence-electron chi connectivity index (χ4n) is 3.50. The number of hydrogen-bond acceptors (Lipinski definition) is 7. The molecule has 0 saturated carbocycles. The van der Waals surface area contributed by atoms with E-state index in [2.05, 4.69) is 37.7 Å². The molecule has 1 aromatic heterocycles. The summed E-state index contributed by atoms with van der Waals surface area (Å²) in [6, 6.07) is 6.31. The first kappa shape index (κ1) is 17.7. The van der Waals surface area contributed by atoms with Crippen molar-refractivity contribution in [2.24, 2.45) is 11.8 Å². The summed E-state index contributed by atoms with van der Waals surface area (Å²) in [6.45, 7) is 5.82. The van der Waals surface area contributed by atoms with Crippen LogP contribution in [0.15, 0.2) is 18.2 Å². The lowest BCUT2D eigenvalue weighted by molar-refractivity contribution is 0.136. The van der Waals surface area contributed by atoms with Crippen LogP contribution in [0.1, 0.15) is 5.56 Å². The van der Waals surface area contributed by atoms with Crippen LogP contribution in [-0.2, 0) is 11.3 Å². The van der Waals surface area contributed by atoms with Crippen molar-refractivity contribution in [1.29, 1.82) is 0 Å². The number of aliphatic hydroxyl groups excluding tert-OH is 1. The van der Waals surface area contributed by atoms with Crippen molar-refractivity contribution < 1.29 is 9.84 Å². The van der Waals surface area contributed by atoms with Gasteiger partial charge in [-0.15, -0.1) is 0 Å². The molecule has 0 radical (unpaired) electrons. The lowest BCUT2D eigenvalue weighted by Gasteiger charge is -2.23. The maximum atomic E-state index is 9.74. The topological polar surface area (TPSA) is 61.7 Å². The lowest BCUT2D eigenvalue weighted by Crippen LogP contribution is -2.33. The molecule has 2 atom stereocenters. The lowest BCUT2D eigenvalue weighted by atomic mass is 9.96. The monoisotopic (exact) mass is 350 g/mol. The number of ether oxygens (including phenoxy) is 1. The van der Waals surface area contributed by atoms with Crippen molar-refractivity contribution in [1.82, 2.24) is 18.5 Å². The van der Waals surface area contributed by atoms with Crippen LogP contribution in [-0.4, -0.2) is 77.2 Å². The largest absolute Gasteiger partial charge is 0.396 e. The third kappa shape index (κ3) is 4.29. The molecule has 0 bridgehead atoms. The van der Waals surface area contributed by atoms with Crippen LogP contribution < -0.4 is 0 Å². The number of fused-ring (bicyclic) bond motifs is 1. The van der Waals surface area contributed by atoms with E-state index < -0.39 is 0 Å². The van der Waals surface area contributed by atoms with E-state index in [1.54, 1.807) is 7.11 Å². The van der Waals surface area contributed by atoms with Crippen LogP contribution >= 0.6 is 11.7 Å². The minimum Gasteiger partial charge on any atom is -0.396 e. The number of aromatic nitrogens is 2. The molecular formula is C17H26N4O2S. The van der Waals surface area contributed by atoms with Crippen LogP contribution in [0.5, 0.6) is 0 Å². The van der Waals surface area contributed by atoms with Gasteiger partial charge in [0.2, 0.25) is 0 Å². The van der Waals surface area contributed by atoms with Crippen LogP contribution in [0.3, 0.4) is 0 Å². The predicted molar refractivity (Wildman–Crippen MR) is 96.1 cm³/mol. The molecule has 1 aliphatic heterocycles. The molecule has 0 amide bonds. The Labute approximate surface area is 147 Å². The number of aliphatic hydroxyl groups is 1. The van der Waals surface area contributed by atoms with E-state index in [4.69, 9.17) is 4.74 Å². The molecule has 7 heteroatoms. The van der Waals surface area contributed by atoms with Crippen molar-refractivity contribution >= 4 is 22.8 Å². The molecule has 0 unspecified atom stereocenters. The van der Waals surface area contributed by atoms with E-state index in [0.717, 1.165) is 50.4 Å². The Bertz CT molecular complexity index is 650. The Hall–Kier alpha value is -1.12. The minimum absolute atomic E-state index is 0.258. The van der Waals surface area contributed by atoms with Crippen LogP contribution in [0.4, 0.5) is 0 Å². The van der Waals surface area contributed by atoms with Crippen molar-refractivity contribution in [3.8, 4) is 0 Å². The molecule has 0 spiro atoms. The average Bonchev–Trinajstić information content (AvgIpc) is 3.19. The van der Waals surface area contributed by atoms with Crippen molar-refractivity contribution in [2.75, 3.05) is 53.6 Å². The van der Waals surface area contributed by atoms with E-state index in [9.17, 15) is 5.11 Å². The van der Waals surface area contributed by atoms with Crippen molar-refractivity contribution in [3.63, 3.8) is 0 Å². The highest BCUT2D eigenvalue weighted by Gasteiger charge is 2.32. The summed E-state index contributed by atoms with van der Waals surface area (Å²) in [7, 11) is 3.86. The van der Waals surface area contributed by atoms with Gasteiger partial charge in [0, 0.05) is 46.4 Å². The van der Waals surface area contributed by atoms with Gasteiger partial charge in [-0.05, 0) is 36.6 Å². The van der Waals surface area contributed by atoms with Gasteiger partial charge in [0.1, 0.15) is 11.0 Å². The minimum atomic E-state index is 0.258. The molecule has 2 heterocycles. The van der Waals surface area contributed by atoms with Gasteiger partial charge in [0.05, 0.1) is 18.3 Å². The molecule has 3 rings (SSSR count). The number of likely N-dealkylation sites (N-methyl/N-ethyl adjacent to an activating group) is 1. The van der Waals surface area contributed by atoms with Gasteiger partial charge >= 0.3 is 0 Å². The van der Waals surface area contributed by atoms with Crippen LogP contribution in [0.2, 0.25) is 0 Å². The summed E-state index contributed by atoms with van der Waals surface area (Å²) in [5.74, 6) is 0.848. The highest BCUT2D eigenvalue weighted by atomic mass is 32.1. The highest BCUT2D eigenvalue weighted by Crippen LogP contribution is 2.26. The fourth-order valence-corrected chi connectivity index (χ4v) is 4.02. The van der Waals surface area contributed by atoms with Crippen molar-refractivity contribution in [2.45, 2.75) is 6.54 Å². The first-order chi connectivity index (χ1) is 11.7. The Morgan fingerprint density at radius 3 is 2.88 bits per heavy atom. The van der Waals surface area contributed by atoms with E-state index in [1.165, 1.54) is 17.3 Å². The molecular weight excluding hydrogens is 324 g/mol. The summed E-state index contributed by atoms with van der Waals surface area (Å²) in [6.07, 6.45) is 0. The zero-order chi connectivity index (χ0) is 16.9. The number of hydrogen-bond donors (Lipinski definition) is 1. The number of methoxy groups -OCH3 is 1. The van der Waals surface area contributed by atoms with Gasteiger partial charge in [-0.2, -0.15) is 8.75 Å². The second-order valence-electron chi connectivity index (χ2n) is 6.74. The first-order valence-corrected chi connectivity index (χ1v) is 9.14. The van der Waals surface area contributed by atoms with Gasteiger partial charge < -0.3 is 14.7 Å². The Morgan fingerprint density at radius 2 is 2.08 bits per heavy atom. The fraction of sp³-hybridized carbons (Fsp3) is 0.647. The molecule has 0 aliphatic carbocycles. The Kier molecular flexibility index (Phi) is 6.13. The normalized spacial score (nSPS) is 22.0. The van der Waals surface area contributed by atoms with Crippen LogP contribution in [0.25, 0.3) is 11.0 Å². The third-order valence-electron chi connectivity index (χ3n) is 4.83. The quantitative estimate of drug-likeness (QED) is 0.775. The van der Waals surface area contributed by atoms with E-state index in [0.29, 0.717) is 11.8 Å². The van der Waals surface area contributed by atoms with E-state index >= 15 is 0 Å². The standard InChI is InChI=1S/C17H26N4O2S/c1-20(5-6-23-2)9-14-10-21(11-15(14)12-22)8-13-3-4-16-17(7-13)19-24-18-16/h3-4,7,14-15,22H,5-6,8-12H2,1-2H3/t14-,15-/m1/s1. The summed E-state index contributed by atoms with van der Waals surface area (Å²) < 4.78 is 13.7. The van der Waals surface area contributed by atoms with Gasteiger partial charge in [-0.1, -0.05) is 6.07 Å². The average molecular weight is 350 g/mol. The maximum Gasteiger partial charge on any atom is 0.105 e. The second-order valence-corrected chi connectivity index (χ2v) is 7.27. The maximum absolute atomic E-state index is 9.74. The zero-order valence-corrected chi connectivity index (χ0v) is 15.2. The second kappa shape index (κ2) is 8.31. The van der Waals surface area contributed by atoms with Gasteiger partial charge in [-0.25, -0.2) is 0 Å². The number of benzene rings is 1. The van der Waals surface area contributed by atoms with Gasteiger partial charge in [0.15, 0.2) is 0 Å². The SMILES string of the molecule is COCCN(C)C[C@@H]1CN(Cc2ccc3nsnc3c2)C[C@@H]1CO. The predicted octanol–water partition coefficient (Wildman–Crippen LogP) is 1.31. The van der Waals surface area contributed by atoms with Crippen molar-refractivity contribution in [3.05, 3.63) is 23.8 Å². The van der Waals surface area contributed by atoms with Crippen LogP contribution in [0, 0.1) is 11.8 Å². The summed E-state index contributed by atoms with van der Waals surface area (Å²) in [5.41, 5.74) is 3.21. The van der Waals surface area contributed by atoms with E-state index in [-0.39, 0.29) is 6.61 Å². The van der Waals surface area contributed by atoms with Gasteiger partial charge in [-0.3, -0.25) is 4.90 Å². The summed E-state index contributed by atoms with van der Waals surface area (Å²) >= 11 is 1.26. The first-order valence-electron chi connectivity index (χ1n) is 8.41. The molecule has 1 aliphatic rings.